The van der Waals surface area contributed by atoms with E-state index in [1.165, 1.54) is 6.07 Å². The molecule has 18 heavy (non-hydrogen) atoms. The van der Waals surface area contributed by atoms with Gasteiger partial charge in [-0.15, -0.1) is 16.7 Å². The minimum Gasteiger partial charge on any atom is -0.408 e. The fourth-order valence-corrected chi connectivity index (χ4v) is 2.00. The predicted octanol–water partition coefficient (Wildman–Crippen LogP) is 3.80. The number of benzene rings is 1. The summed E-state index contributed by atoms with van der Waals surface area (Å²) >= 11 is 8.69. The molecule has 1 N–H and O–H groups in total. The van der Waals surface area contributed by atoms with Crippen molar-refractivity contribution >= 4 is 39.2 Å². The summed E-state index contributed by atoms with van der Waals surface area (Å²) in [7, 11) is 0. The maximum absolute atomic E-state index is 13.4. The monoisotopic (exact) mass is 333 g/mol. The van der Waals surface area contributed by atoms with Gasteiger partial charge in [0.2, 0.25) is 5.89 Å². The van der Waals surface area contributed by atoms with Gasteiger partial charge in [-0.25, -0.2) is 4.39 Å². The molecule has 2 aromatic rings. The van der Waals surface area contributed by atoms with Crippen LogP contribution in [0.15, 0.2) is 21.0 Å². The molecule has 1 aromatic heterocycles. The van der Waals surface area contributed by atoms with Crippen LogP contribution in [0.2, 0.25) is 0 Å². The van der Waals surface area contributed by atoms with Crippen LogP contribution in [-0.4, -0.2) is 16.1 Å². The summed E-state index contributed by atoms with van der Waals surface area (Å²) in [5.41, 5.74) is 1.44. The van der Waals surface area contributed by atoms with Crippen molar-refractivity contribution in [3.63, 3.8) is 0 Å². The van der Waals surface area contributed by atoms with E-state index in [4.69, 9.17) is 16.0 Å². The average molecular weight is 335 g/mol. The summed E-state index contributed by atoms with van der Waals surface area (Å²) in [4.78, 5) is 0. The van der Waals surface area contributed by atoms with Gasteiger partial charge < -0.3 is 9.73 Å². The van der Waals surface area contributed by atoms with E-state index >= 15 is 0 Å². The van der Waals surface area contributed by atoms with Gasteiger partial charge in [0, 0.05) is 18.0 Å². The molecule has 2 rings (SSSR count). The number of hydrogen-bond acceptors (Lipinski definition) is 4. The molecule has 0 bridgehead atoms. The highest BCUT2D eigenvalue weighted by atomic mass is 79.9. The third-order valence-electron chi connectivity index (χ3n) is 2.28. The second kappa shape index (κ2) is 5.67. The maximum atomic E-state index is 13.4. The van der Waals surface area contributed by atoms with Crippen molar-refractivity contribution in [2.24, 2.45) is 0 Å². The molecular formula is C11H10BrClFN3O. The Bertz CT molecular complexity index is 561. The van der Waals surface area contributed by atoms with Gasteiger partial charge in [-0.1, -0.05) is 5.10 Å². The van der Waals surface area contributed by atoms with E-state index in [9.17, 15) is 4.39 Å². The van der Waals surface area contributed by atoms with Gasteiger partial charge in [-0.3, -0.25) is 0 Å². The number of aryl methyl sites for hydroxylation is 2. The number of nitrogens with one attached hydrogen (secondary N) is 1. The van der Waals surface area contributed by atoms with E-state index in [-0.39, 0.29) is 11.8 Å². The SMILES string of the molecule is Cc1cc(Br)c(F)cc1Nc1nnc(CCCl)o1. The van der Waals surface area contributed by atoms with Crippen LogP contribution in [0.25, 0.3) is 0 Å². The normalized spacial score (nSPS) is 10.7. The number of nitrogens with zero attached hydrogens (tertiary/aromatic N) is 2. The largest absolute Gasteiger partial charge is 0.408 e. The summed E-state index contributed by atoms with van der Waals surface area (Å²) in [5, 5.41) is 10.5. The molecule has 7 heteroatoms. The second-order valence-corrected chi connectivity index (χ2v) is 4.88. The van der Waals surface area contributed by atoms with Crippen LogP contribution in [0, 0.1) is 12.7 Å². The zero-order valence-corrected chi connectivity index (χ0v) is 11.8. The molecule has 0 aliphatic carbocycles. The average Bonchev–Trinajstić information content (AvgIpc) is 2.74. The van der Waals surface area contributed by atoms with E-state index in [1.807, 2.05) is 6.92 Å². The van der Waals surface area contributed by atoms with Crippen molar-refractivity contribution in [3.8, 4) is 0 Å². The Hall–Kier alpha value is -1.14. The van der Waals surface area contributed by atoms with E-state index in [0.717, 1.165) is 5.56 Å². The summed E-state index contributed by atoms with van der Waals surface area (Å²) in [5.74, 6) is 0.499. The first-order valence-electron chi connectivity index (χ1n) is 5.21. The quantitative estimate of drug-likeness (QED) is 0.864. The van der Waals surface area contributed by atoms with Crippen LogP contribution < -0.4 is 5.32 Å². The van der Waals surface area contributed by atoms with Gasteiger partial charge >= 0.3 is 6.01 Å². The van der Waals surface area contributed by atoms with E-state index in [2.05, 4.69) is 31.4 Å². The molecule has 0 saturated carbocycles. The highest BCUT2D eigenvalue weighted by molar-refractivity contribution is 9.10. The zero-order chi connectivity index (χ0) is 13.1. The van der Waals surface area contributed by atoms with Crippen molar-refractivity contribution in [1.82, 2.24) is 10.2 Å². The molecule has 0 aliphatic rings. The molecule has 1 aromatic carbocycles. The van der Waals surface area contributed by atoms with E-state index in [1.54, 1.807) is 6.07 Å². The van der Waals surface area contributed by atoms with Crippen LogP contribution in [-0.2, 0) is 6.42 Å². The second-order valence-electron chi connectivity index (χ2n) is 3.65. The van der Waals surface area contributed by atoms with Crippen molar-refractivity contribution in [3.05, 3.63) is 33.9 Å². The summed E-state index contributed by atoms with van der Waals surface area (Å²) in [6.45, 7) is 1.85. The Morgan fingerprint density at radius 2 is 2.22 bits per heavy atom. The Morgan fingerprint density at radius 1 is 1.44 bits per heavy atom. The fraction of sp³-hybridized carbons (Fsp3) is 0.273. The number of rotatable bonds is 4. The molecule has 0 atom stereocenters. The van der Waals surface area contributed by atoms with Crippen molar-refractivity contribution in [2.75, 3.05) is 11.2 Å². The number of alkyl halides is 1. The number of halogens is 3. The highest BCUT2D eigenvalue weighted by Crippen LogP contribution is 2.26. The highest BCUT2D eigenvalue weighted by Gasteiger charge is 2.09. The topological polar surface area (TPSA) is 51.0 Å². The standard InChI is InChI=1S/C11H10BrClFN3O/c1-6-4-7(12)8(14)5-9(6)15-11-17-16-10(18-11)2-3-13/h4-5H,2-3H2,1H3,(H,15,17). The van der Waals surface area contributed by atoms with Crippen molar-refractivity contribution in [1.29, 1.82) is 0 Å². The van der Waals surface area contributed by atoms with Crippen molar-refractivity contribution in [2.45, 2.75) is 13.3 Å². The van der Waals surface area contributed by atoms with Crippen LogP contribution >= 0.6 is 27.5 Å². The minimum absolute atomic E-state index is 0.222. The molecule has 1 heterocycles. The van der Waals surface area contributed by atoms with Gasteiger partial charge in [0.05, 0.1) is 4.47 Å². The third-order valence-corrected chi connectivity index (χ3v) is 3.08. The Balaban J connectivity index is 2.20. The molecule has 96 valence electrons. The Morgan fingerprint density at radius 3 is 2.94 bits per heavy atom. The molecular weight excluding hydrogens is 324 g/mol. The fourth-order valence-electron chi connectivity index (χ4n) is 1.38. The third kappa shape index (κ3) is 3.00. The summed E-state index contributed by atoms with van der Waals surface area (Å²) < 4.78 is 19.1. The molecule has 4 nitrogen and oxygen atoms in total. The first-order chi connectivity index (χ1) is 8.60. The lowest BCUT2D eigenvalue weighted by atomic mass is 10.2. The van der Waals surface area contributed by atoms with E-state index < -0.39 is 0 Å². The first-order valence-corrected chi connectivity index (χ1v) is 6.54. The number of anilines is 2. The zero-order valence-electron chi connectivity index (χ0n) is 9.51. The smallest absolute Gasteiger partial charge is 0.320 e. The number of aromatic nitrogens is 2. The van der Waals surface area contributed by atoms with Gasteiger partial charge in [0.1, 0.15) is 5.82 Å². The molecule has 0 radical (unpaired) electrons. The first kappa shape index (κ1) is 13.3. The molecule has 0 unspecified atom stereocenters. The Kier molecular flexibility index (Phi) is 4.19. The lowest BCUT2D eigenvalue weighted by Gasteiger charge is -2.06. The number of hydrogen-bond donors (Lipinski definition) is 1. The van der Waals surface area contributed by atoms with Crippen LogP contribution in [0.5, 0.6) is 0 Å². The van der Waals surface area contributed by atoms with Crippen molar-refractivity contribution < 1.29 is 8.81 Å². The minimum atomic E-state index is -0.358. The van der Waals surface area contributed by atoms with Gasteiger partial charge in [-0.05, 0) is 40.5 Å². The van der Waals surface area contributed by atoms with Crippen LogP contribution in [0.3, 0.4) is 0 Å². The van der Waals surface area contributed by atoms with Crippen LogP contribution in [0.4, 0.5) is 16.1 Å². The van der Waals surface area contributed by atoms with Gasteiger partial charge in [0.15, 0.2) is 0 Å². The lowest BCUT2D eigenvalue weighted by Crippen LogP contribution is -1.95. The molecule has 0 saturated heterocycles. The van der Waals surface area contributed by atoms with Gasteiger partial charge in [0.25, 0.3) is 0 Å². The summed E-state index contributed by atoms with van der Waals surface area (Å²) in [6.07, 6.45) is 0.504. The van der Waals surface area contributed by atoms with Gasteiger partial charge in [-0.2, -0.15) is 0 Å². The van der Waals surface area contributed by atoms with E-state index in [0.29, 0.717) is 28.4 Å². The van der Waals surface area contributed by atoms with Crippen LogP contribution in [0.1, 0.15) is 11.5 Å². The molecule has 0 amide bonds. The molecule has 0 spiro atoms. The molecule has 0 aliphatic heterocycles. The molecule has 0 fully saturated rings. The maximum Gasteiger partial charge on any atom is 0.320 e. The predicted molar refractivity (Wildman–Crippen MR) is 70.8 cm³/mol. The summed E-state index contributed by atoms with van der Waals surface area (Å²) in [6, 6.07) is 3.26. The lowest BCUT2D eigenvalue weighted by molar-refractivity contribution is 0.516. The Labute approximate surface area is 117 Å².